The van der Waals surface area contributed by atoms with E-state index in [1.54, 1.807) is 24.7 Å². The number of hydrogen-bond donors (Lipinski definition) is 1. The predicted molar refractivity (Wildman–Crippen MR) is 79.7 cm³/mol. The number of aryl methyl sites for hydroxylation is 1. The fraction of sp³-hybridized carbons (Fsp3) is 0.667. The number of amides is 2. The van der Waals surface area contributed by atoms with Gasteiger partial charge in [0.2, 0.25) is 11.8 Å². The van der Waals surface area contributed by atoms with Crippen LogP contribution in [0.5, 0.6) is 0 Å². The topological polar surface area (TPSA) is 67.2 Å². The van der Waals surface area contributed by atoms with Gasteiger partial charge in [-0.1, -0.05) is 0 Å². The number of carbonyl (C=O) groups excluding carboxylic acids is 2. The molecule has 1 saturated heterocycles. The van der Waals surface area contributed by atoms with Gasteiger partial charge in [0, 0.05) is 25.0 Å². The molecule has 2 atom stereocenters. The van der Waals surface area contributed by atoms with Crippen LogP contribution in [0.15, 0.2) is 12.3 Å². The van der Waals surface area contributed by atoms with Gasteiger partial charge in [-0.3, -0.25) is 14.3 Å². The number of rotatable bonds is 4. The third-order valence-corrected chi connectivity index (χ3v) is 4.01. The lowest BCUT2D eigenvalue weighted by atomic mass is 10.1. The second kappa shape index (κ2) is 6.74. The molecule has 0 saturated carbocycles. The summed E-state index contributed by atoms with van der Waals surface area (Å²) in [5.74, 6) is -0.174. The predicted octanol–water partition coefficient (Wildman–Crippen LogP) is 1.27. The lowest BCUT2D eigenvalue weighted by Gasteiger charge is -2.29. The highest BCUT2D eigenvalue weighted by atomic mass is 16.2. The number of aromatic nitrogens is 2. The van der Waals surface area contributed by atoms with Crippen molar-refractivity contribution in [2.45, 2.75) is 52.1 Å². The summed E-state index contributed by atoms with van der Waals surface area (Å²) in [6.45, 7) is 7.03. The smallest absolute Gasteiger partial charge is 0.245 e. The van der Waals surface area contributed by atoms with Crippen molar-refractivity contribution in [3.63, 3.8) is 0 Å². The minimum atomic E-state index is -0.492. The first-order valence-corrected chi connectivity index (χ1v) is 7.60. The van der Waals surface area contributed by atoms with Crippen LogP contribution in [-0.2, 0) is 9.59 Å². The maximum atomic E-state index is 12.3. The molecule has 116 valence electrons. The van der Waals surface area contributed by atoms with Gasteiger partial charge in [0.25, 0.3) is 0 Å². The van der Waals surface area contributed by atoms with Crippen molar-refractivity contribution < 1.29 is 9.59 Å². The molecule has 1 aromatic heterocycles. The molecular formula is C15H24N4O2. The Morgan fingerprint density at radius 2 is 1.90 bits per heavy atom. The van der Waals surface area contributed by atoms with Crippen molar-refractivity contribution in [3.8, 4) is 0 Å². The molecule has 1 aliphatic rings. The van der Waals surface area contributed by atoms with E-state index in [0.717, 1.165) is 31.6 Å². The molecule has 0 spiro atoms. The summed E-state index contributed by atoms with van der Waals surface area (Å²) in [6.07, 6.45) is 4.95. The highest BCUT2D eigenvalue weighted by Crippen LogP contribution is 2.11. The number of piperidine rings is 1. The van der Waals surface area contributed by atoms with E-state index in [-0.39, 0.29) is 11.8 Å². The molecular weight excluding hydrogens is 268 g/mol. The maximum Gasteiger partial charge on any atom is 0.245 e. The molecule has 1 fully saturated rings. The zero-order valence-electron chi connectivity index (χ0n) is 13.0. The zero-order valence-corrected chi connectivity index (χ0v) is 13.0. The van der Waals surface area contributed by atoms with Gasteiger partial charge in [-0.2, -0.15) is 5.10 Å². The Morgan fingerprint density at radius 3 is 2.48 bits per heavy atom. The molecule has 2 amide bonds. The van der Waals surface area contributed by atoms with Gasteiger partial charge in [-0.15, -0.1) is 0 Å². The van der Waals surface area contributed by atoms with Crippen LogP contribution in [0.1, 0.15) is 44.8 Å². The van der Waals surface area contributed by atoms with Crippen molar-refractivity contribution >= 4 is 11.8 Å². The van der Waals surface area contributed by atoms with Crippen LogP contribution >= 0.6 is 0 Å². The molecule has 0 aromatic carbocycles. The Labute approximate surface area is 125 Å². The molecule has 1 aromatic rings. The van der Waals surface area contributed by atoms with E-state index in [0.29, 0.717) is 0 Å². The van der Waals surface area contributed by atoms with Crippen molar-refractivity contribution in [2.75, 3.05) is 13.1 Å². The quantitative estimate of drug-likeness (QED) is 0.908. The van der Waals surface area contributed by atoms with E-state index in [4.69, 9.17) is 0 Å². The van der Waals surface area contributed by atoms with Crippen LogP contribution in [0, 0.1) is 6.92 Å². The molecule has 1 aliphatic heterocycles. The maximum absolute atomic E-state index is 12.3. The molecule has 0 bridgehead atoms. The zero-order chi connectivity index (χ0) is 15.4. The van der Waals surface area contributed by atoms with Gasteiger partial charge >= 0.3 is 0 Å². The van der Waals surface area contributed by atoms with Gasteiger partial charge in [-0.05, 0) is 46.1 Å². The Morgan fingerprint density at radius 1 is 1.24 bits per heavy atom. The molecule has 0 aliphatic carbocycles. The fourth-order valence-corrected chi connectivity index (χ4v) is 2.68. The van der Waals surface area contributed by atoms with Crippen molar-refractivity contribution in [1.29, 1.82) is 0 Å². The number of likely N-dealkylation sites (tertiary alicyclic amines) is 1. The summed E-state index contributed by atoms with van der Waals surface area (Å²) < 4.78 is 1.66. The normalized spacial score (nSPS) is 18.1. The summed E-state index contributed by atoms with van der Waals surface area (Å²) in [4.78, 5) is 26.4. The number of hydrogen-bond acceptors (Lipinski definition) is 3. The summed E-state index contributed by atoms with van der Waals surface area (Å²) in [5.41, 5.74) is 0.924. The Bertz CT molecular complexity index is 506. The standard InChI is InChI=1S/C15H24N4O2/c1-11-7-8-16-19(11)13(3)14(20)17-12(2)15(21)18-9-5-4-6-10-18/h7-8,12-13H,4-6,9-10H2,1-3H3,(H,17,20). The number of nitrogens with one attached hydrogen (secondary N) is 1. The molecule has 2 heterocycles. The second-order valence-electron chi connectivity index (χ2n) is 5.71. The SMILES string of the molecule is Cc1ccnn1C(C)C(=O)NC(C)C(=O)N1CCCCC1. The van der Waals surface area contributed by atoms with Crippen LogP contribution in [0.3, 0.4) is 0 Å². The van der Waals surface area contributed by atoms with E-state index in [2.05, 4.69) is 10.4 Å². The summed E-state index contributed by atoms with van der Waals surface area (Å²) in [6, 6.07) is 0.942. The largest absolute Gasteiger partial charge is 0.343 e. The van der Waals surface area contributed by atoms with Gasteiger partial charge in [-0.25, -0.2) is 0 Å². The minimum absolute atomic E-state index is 0.00689. The van der Waals surface area contributed by atoms with Crippen molar-refractivity contribution in [2.24, 2.45) is 0 Å². The van der Waals surface area contributed by atoms with Crippen LogP contribution < -0.4 is 5.32 Å². The molecule has 0 radical (unpaired) electrons. The highest BCUT2D eigenvalue weighted by molar-refractivity contribution is 5.88. The third-order valence-electron chi connectivity index (χ3n) is 4.01. The second-order valence-corrected chi connectivity index (χ2v) is 5.71. The van der Waals surface area contributed by atoms with Crippen molar-refractivity contribution in [3.05, 3.63) is 18.0 Å². The summed E-state index contributed by atoms with van der Waals surface area (Å²) in [7, 11) is 0. The number of carbonyl (C=O) groups is 2. The fourth-order valence-electron chi connectivity index (χ4n) is 2.68. The molecule has 2 rings (SSSR count). The molecule has 6 heteroatoms. The average molecular weight is 292 g/mol. The molecule has 1 N–H and O–H groups in total. The Hall–Kier alpha value is -1.85. The lowest BCUT2D eigenvalue weighted by molar-refractivity contribution is -0.137. The monoisotopic (exact) mass is 292 g/mol. The molecule has 21 heavy (non-hydrogen) atoms. The first-order valence-electron chi connectivity index (χ1n) is 7.60. The van der Waals surface area contributed by atoms with Crippen LogP contribution in [-0.4, -0.2) is 45.6 Å². The van der Waals surface area contributed by atoms with E-state index >= 15 is 0 Å². The lowest BCUT2D eigenvalue weighted by Crippen LogP contribution is -2.49. The van der Waals surface area contributed by atoms with Gasteiger partial charge < -0.3 is 10.2 Å². The molecule has 6 nitrogen and oxygen atoms in total. The van der Waals surface area contributed by atoms with E-state index in [9.17, 15) is 9.59 Å². The van der Waals surface area contributed by atoms with E-state index in [1.807, 2.05) is 17.9 Å². The number of nitrogens with zero attached hydrogens (tertiary/aromatic N) is 3. The highest BCUT2D eigenvalue weighted by Gasteiger charge is 2.25. The van der Waals surface area contributed by atoms with Crippen molar-refractivity contribution in [1.82, 2.24) is 20.0 Å². The van der Waals surface area contributed by atoms with Crippen LogP contribution in [0.2, 0.25) is 0 Å². The third kappa shape index (κ3) is 3.62. The van der Waals surface area contributed by atoms with Gasteiger partial charge in [0.15, 0.2) is 0 Å². The summed E-state index contributed by atoms with van der Waals surface area (Å²) in [5, 5.41) is 6.94. The average Bonchev–Trinajstić information content (AvgIpc) is 2.92. The van der Waals surface area contributed by atoms with Crippen LogP contribution in [0.4, 0.5) is 0 Å². The van der Waals surface area contributed by atoms with Gasteiger partial charge in [0.05, 0.1) is 0 Å². The first-order chi connectivity index (χ1) is 10.0. The van der Waals surface area contributed by atoms with E-state index < -0.39 is 12.1 Å². The Kier molecular flexibility index (Phi) is 4.98. The first kappa shape index (κ1) is 15.5. The van der Waals surface area contributed by atoms with Crippen LogP contribution in [0.25, 0.3) is 0 Å². The summed E-state index contributed by atoms with van der Waals surface area (Å²) >= 11 is 0. The Balaban J connectivity index is 1.92. The van der Waals surface area contributed by atoms with E-state index in [1.165, 1.54) is 6.42 Å². The minimum Gasteiger partial charge on any atom is -0.343 e. The molecule has 2 unspecified atom stereocenters. The van der Waals surface area contributed by atoms with Gasteiger partial charge in [0.1, 0.15) is 12.1 Å².